The second-order valence-corrected chi connectivity index (χ2v) is 4.30. The van der Waals surface area contributed by atoms with Crippen molar-refractivity contribution in [1.29, 1.82) is 0 Å². The molecule has 0 saturated carbocycles. The van der Waals surface area contributed by atoms with Crippen molar-refractivity contribution in [1.82, 2.24) is 0 Å². The van der Waals surface area contributed by atoms with Crippen molar-refractivity contribution < 1.29 is 4.84 Å². The topological polar surface area (TPSA) is 38.7 Å². The molecule has 0 radical (unpaired) electrons. The van der Waals surface area contributed by atoms with Gasteiger partial charge in [-0.15, -0.1) is 4.91 Å². The lowest BCUT2D eigenvalue weighted by Gasteiger charge is -2.16. The summed E-state index contributed by atoms with van der Waals surface area (Å²) >= 11 is 11.6. The normalized spacial score (nSPS) is 11.2. The standard InChI is InChI=1S/C7H13Cl2NO2/c1-2-3-4-5-7(8,9)6-12-10-11/h2-6H2,1H3. The Kier molecular flexibility index (Phi) is 6.48. The van der Waals surface area contributed by atoms with Crippen LogP contribution in [0.25, 0.3) is 0 Å². The number of hydrogen-bond acceptors (Lipinski definition) is 3. The Morgan fingerprint density at radius 2 is 2.08 bits per heavy atom. The van der Waals surface area contributed by atoms with Gasteiger partial charge in [0, 0.05) is 0 Å². The van der Waals surface area contributed by atoms with Gasteiger partial charge in [-0.25, -0.2) is 0 Å². The van der Waals surface area contributed by atoms with Gasteiger partial charge in [0.15, 0.2) is 16.3 Å². The molecule has 0 N–H and O–H groups in total. The highest BCUT2D eigenvalue weighted by Gasteiger charge is 2.24. The summed E-state index contributed by atoms with van der Waals surface area (Å²) < 4.78 is -0.969. The fourth-order valence-electron chi connectivity index (χ4n) is 0.827. The number of alkyl halides is 2. The lowest BCUT2D eigenvalue weighted by Crippen LogP contribution is -2.19. The lowest BCUT2D eigenvalue weighted by atomic mass is 10.1. The highest BCUT2D eigenvalue weighted by atomic mass is 35.5. The van der Waals surface area contributed by atoms with Crippen LogP contribution in [-0.2, 0) is 4.84 Å². The summed E-state index contributed by atoms with van der Waals surface area (Å²) in [6.07, 6.45) is 3.75. The van der Waals surface area contributed by atoms with E-state index in [-0.39, 0.29) is 6.61 Å². The minimum atomic E-state index is -0.969. The first-order valence-corrected chi connectivity index (χ1v) is 4.70. The van der Waals surface area contributed by atoms with Crippen molar-refractivity contribution in [3.8, 4) is 0 Å². The molecule has 0 saturated heterocycles. The van der Waals surface area contributed by atoms with E-state index >= 15 is 0 Å². The highest BCUT2D eigenvalue weighted by molar-refractivity contribution is 6.48. The van der Waals surface area contributed by atoms with Crippen molar-refractivity contribution in [2.45, 2.75) is 36.9 Å². The predicted molar refractivity (Wildman–Crippen MR) is 50.3 cm³/mol. The van der Waals surface area contributed by atoms with Crippen LogP contribution in [0.15, 0.2) is 5.34 Å². The molecule has 0 fully saturated rings. The molecule has 0 aliphatic rings. The van der Waals surface area contributed by atoms with Gasteiger partial charge in [-0.05, 0) is 6.42 Å². The summed E-state index contributed by atoms with van der Waals surface area (Å²) in [5, 5.41) is 2.23. The van der Waals surface area contributed by atoms with Gasteiger partial charge in [-0.1, -0.05) is 49.4 Å². The van der Waals surface area contributed by atoms with E-state index in [2.05, 4.69) is 17.1 Å². The van der Waals surface area contributed by atoms with E-state index < -0.39 is 4.33 Å². The van der Waals surface area contributed by atoms with Gasteiger partial charge in [0.25, 0.3) is 0 Å². The van der Waals surface area contributed by atoms with Crippen LogP contribution in [0.4, 0.5) is 0 Å². The van der Waals surface area contributed by atoms with Crippen LogP contribution in [-0.4, -0.2) is 10.9 Å². The zero-order valence-electron chi connectivity index (χ0n) is 7.06. The zero-order chi connectivity index (χ0) is 9.45. The third-order valence-electron chi connectivity index (χ3n) is 1.47. The molecule has 0 aromatic rings. The molecule has 0 rings (SSSR count). The first-order valence-electron chi connectivity index (χ1n) is 3.95. The van der Waals surface area contributed by atoms with E-state index in [0.717, 1.165) is 19.3 Å². The van der Waals surface area contributed by atoms with Gasteiger partial charge in [-0.3, -0.25) is 0 Å². The molecule has 0 aromatic carbocycles. The second-order valence-electron chi connectivity index (χ2n) is 2.66. The fourth-order valence-corrected chi connectivity index (χ4v) is 1.19. The van der Waals surface area contributed by atoms with Gasteiger partial charge in [0.2, 0.25) is 0 Å². The van der Waals surface area contributed by atoms with E-state index in [1.54, 1.807) is 0 Å². The molecule has 0 unspecified atom stereocenters. The molecule has 0 aromatic heterocycles. The van der Waals surface area contributed by atoms with Gasteiger partial charge in [0.05, 0.1) is 0 Å². The Labute approximate surface area is 82.3 Å². The molecular weight excluding hydrogens is 201 g/mol. The van der Waals surface area contributed by atoms with Crippen LogP contribution >= 0.6 is 23.2 Å². The molecule has 3 nitrogen and oxygen atoms in total. The maximum Gasteiger partial charge on any atom is 0.155 e. The van der Waals surface area contributed by atoms with Crippen molar-refractivity contribution >= 4 is 23.2 Å². The molecule has 0 aliphatic carbocycles. The highest BCUT2D eigenvalue weighted by Crippen LogP contribution is 2.28. The van der Waals surface area contributed by atoms with E-state index in [1.807, 2.05) is 0 Å². The van der Waals surface area contributed by atoms with Crippen molar-refractivity contribution in [3.63, 3.8) is 0 Å². The number of unbranched alkanes of at least 4 members (excludes halogenated alkanes) is 2. The predicted octanol–water partition coefficient (Wildman–Crippen LogP) is 3.44. The van der Waals surface area contributed by atoms with Gasteiger partial charge >= 0.3 is 0 Å². The van der Waals surface area contributed by atoms with E-state index in [1.165, 1.54) is 0 Å². The van der Waals surface area contributed by atoms with Crippen LogP contribution < -0.4 is 0 Å². The zero-order valence-corrected chi connectivity index (χ0v) is 8.57. The number of hydrogen-bond donors (Lipinski definition) is 0. The van der Waals surface area contributed by atoms with Crippen LogP contribution in [0.1, 0.15) is 32.6 Å². The lowest BCUT2D eigenvalue weighted by molar-refractivity contribution is 0.129. The quantitative estimate of drug-likeness (QED) is 0.282. The Balaban J connectivity index is 3.48. The van der Waals surface area contributed by atoms with Crippen molar-refractivity contribution in [2.24, 2.45) is 5.34 Å². The maximum absolute atomic E-state index is 9.59. The fraction of sp³-hybridized carbons (Fsp3) is 1.00. The Morgan fingerprint density at radius 1 is 1.42 bits per heavy atom. The van der Waals surface area contributed by atoms with Crippen LogP contribution in [0.3, 0.4) is 0 Å². The molecule has 72 valence electrons. The Bertz CT molecular complexity index is 131. The smallest absolute Gasteiger partial charge is 0.155 e. The first-order chi connectivity index (χ1) is 5.62. The first kappa shape index (κ1) is 12.0. The van der Waals surface area contributed by atoms with Crippen LogP contribution in [0.2, 0.25) is 0 Å². The van der Waals surface area contributed by atoms with Crippen molar-refractivity contribution in [2.75, 3.05) is 6.61 Å². The number of nitrogens with zero attached hydrogens (tertiary/aromatic N) is 1. The largest absolute Gasteiger partial charge is 0.361 e. The molecule has 0 amide bonds. The van der Waals surface area contributed by atoms with Crippen molar-refractivity contribution in [3.05, 3.63) is 4.91 Å². The van der Waals surface area contributed by atoms with E-state index in [4.69, 9.17) is 23.2 Å². The molecule has 12 heavy (non-hydrogen) atoms. The molecule has 5 heteroatoms. The summed E-state index contributed by atoms with van der Waals surface area (Å²) in [7, 11) is 0. The molecular formula is C7H13Cl2NO2. The van der Waals surface area contributed by atoms with Crippen LogP contribution in [0.5, 0.6) is 0 Å². The Hall–Kier alpha value is -0.0200. The summed E-state index contributed by atoms with van der Waals surface area (Å²) in [6, 6.07) is 0. The maximum atomic E-state index is 9.59. The molecule has 0 aliphatic heterocycles. The molecule has 0 heterocycles. The average Bonchev–Trinajstić information content (AvgIpc) is 2.01. The van der Waals surface area contributed by atoms with E-state index in [9.17, 15) is 4.91 Å². The summed E-state index contributed by atoms with van der Waals surface area (Å²) in [5.74, 6) is 0. The number of rotatable bonds is 7. The minimum Gasteiger partial charge on any atom is -0.361 e. The molecule has 0 atom stereocenters. The third kappa shape index (κ3) is 6.68. The van der Waals surface area contributed by atoms with E-state index in [0.29, 0.717) is 6.42 Å². The number of halogens is 2. The summed E-state index contributed by atoms with van der Waals surface area (Å²) in [6.45, 7) is 2.05. The second kappa shape index (κ2) is 6.49. The third-order valence-corrected chi connectivity index (χ3v) is 2.07. The summed E-state index contributed by atoms with van der Waals surface area (Å²) in [4.78, 5) is 13.8. The average molecular weight is 214 g/mol. The molecule has 0 bridgehead atoms. The monoisotopic (exact) mass is 213 g/mol. The van der Waals surface area contributed by atoms with Gasteiger partial charge < -0.3 is 4.84 Å². The summed E-state index contributed by atoms with van der Waals surface area (Å²) in [5.41, 5.74) is 0. The van der Waals surface area contributed by atoms with Crippen LogP contribution in [0, 0.1) is 4.91 Å². The van der Waals surface area contributed by atoms with Gasteiger partial charge in [-0.2, -0.15) is 0 Å². The molecule has 0 spiro atoms. The van der Waals surface area contributed by atoms with Gasteiger partial charge in [0.1, 0.15) is 0 Å². The SMILES string of the molecule is CCCCCC(Cl)(Cl)CON=O. The Morgan fingerprint density at radius 3 is 2.58 bits per heavy atom. The minimum absolute atomic E-state index is 0.0384.